The van der Waals surface area contributed by atoms with Crippen LogP contribution in [0.5, 0.6) is 11.5 Å². The fourth-order valence-electron chi connectivity index (χ4n) is 1.76. The molecule has 0 saturated heterocycles. The Balaban J connectivity index is 3.45. The lowest BCUT2D eigenvalue weighted by Crippen LogP contribution is -2.15. The Morgan fingerprint density at radius 1 is 1.25 bits per heavy atom. The minimum atomic E-state index is -0.0958. The number of nitrogens with two attached hydrogens (primary N) is 1. The number of carbonyl (C=O) groups excluding carboxylic acids is 1. The molecule has 0 heterocycles. The van der Waals surface area contributed by atoms with E-state index >= 15 is 0 Å². The zero-order chi connectivity index (χ0) is 12.3. The molecule has 0 spiro atoms. The van der Waals surface area contributed by atoms with E-state index in [0.717, 1.165) is 11.1 Å². The van der Waals surface area contributed by atoms with Crippen LogP contribution < -0.4 is 15.2 Å². The largest absolute Gasteiger partial charge is 0.493 e. The lowest BCUT2D eigenvalue weighted by atomic mass is 9.99. The van der Waals surface area contributed by atoms with Crippen molar-refractivity contribution in [1.29, 1.82) is 0 Å². The summed E-state index contributed by atoms with van der Waals surface area (Å²) in [6, 6.07) is 1.78. The van der Waals surface area contributed by atoms with Gasteiger partial charge in [0.05, 0.1) is 20.8 Å². The quantitative estimate of drug-likeness (QED) is 0.785. The Morgan fingerprint density at radius 2 is 1.81 bits per heavy atom. The van der Waals surface area contributed by atoms with Crippen LogP contribution in [0.2, 0.25) is 0 Å². The van der Waals surface area contributed by atoms with E-state index in [1.165, 1.54) is 0 Å². The van der Waals surface area contributed by atoms with E-state index in [4.69, 9.17) is 15.2 Å². The molecule has 88 valence electrons. The summed E-state index contributed by atoms with van der Waals surface area (Å²) in [6.07, 6.45) is 0. The van der Waals surface area contributed by atoms with Crippen molar-refractivity contribution in [3.63, 3.8) is 0 Å². The monoisotopic (exact) mass is 223 g/mol. The number of hydrogen-bond acceptors (Lipinski definition) is 4. The van der Waals surface area contributed by atoms with E-state index in [2.05, 4.69) is 0 Å². The molecule has 16 heavy (non-hydrogen) atoms. The average molecular weight is 223 g/mol. The summed E-state index contributed by atoms with van der Waals surface area (Å²) in [6.45, 7) is 3.69. The maximum atomic E-state index is 11.6. The SMILES string of the molecule is COc1c(C)cc(C(=O)CN)c(C)c1OC. The molecule has 0 aliphatic rings. The van der Waals surface area contributed by atoms with Gasteiger partial charge >= 0.3 is 0 Å². The van der Waals surface area contributed by atoms with Crippen molar-refractivity contribution in [2.75, 3.05) is 20.8 Å². The second kappa shape index (κ2) is 4.99. The van der Waals surface area contributed by atoms with Gasteiger partial charge < -0.3 is 15.2 Å². The fourth-order valence-corrected chi connectivity index (χ4v) is 1.76. The Hall–Kier alpha value is -1.55. The predicted molar refractivity (Wildman–Crippen MR) is 62.4 cm³/mol. The molecule has 0 amide bonds. The second-order valence-electron chi connectivity index (χ2n) is 3.56. The molecule has 1 rings (SSSR count). The van der Waals surface area contributed by atoms with Crippen LogP contribution in [0.15, 0.2) is 6.07 Å². The lowest BCUT2D eigenvalue weighted by Gasteiger charge is -2.15. The third-order valence-electron chi connectivity index (χ3n) is 2.56. The summed E-state index contributed by atoms with van der Waals surface area (Å²) in [5, 5.41) is 0. The van der Waals surface area contributed by atoms with Crippen molar-refractivity contribution in [3.8, 4) is 11.5 Å². The molecule has 0 atom stereocenters. The first-order chi connectivity index (χ1) is 7.56. The Labute approximate surface area is 95.3 Å². The minimum absolute atomic E-state index is 0.00420. The molecule has 0 unspecified atom stereocenters. The van der Waals surface area contributed by atoms with E-state index in [1.807, 2.05) is 13.8 Å². The van der Waals surface area contributed by atoms with Gasteiger partial charge in [0.25, 0.3) is 0 Å². The van der Waals surface area contributed by atoms with Gasteiger partial charge in [-0.25, -0.2) is 0 Å². The summed E-state index contributed by atoms with van der Waals surface area (Å²) in [7, 11) is 3.13. The van der Waals surface area contributed by atoms with Gasteiger partial charge in [-0.05, 0) is 25.5 Å². The van der Waals surface area contributed by atoms with E-state index in [0.29, 0.717) is 17.1 Å². The van der Waals surface area contributed by atoms with Crippen LogP contribution in [-0.2, 0) is 0 Å². The summed E-state index contributed by atoms with van der Waals surface area (Å²) in [5.41, 5.74) is 7.59. The molecule has 0 aromatic heterocycles. The Bertz CT molecular complexity index is 413. The number of Topliss-reactive ketones (excluding diaryl/α,β-unsaturated/α-hetero) is 1. The number of rotatable bonds is 4. The lowest BCUT2D eigenvalue weighted by molar-refractivity contribution is 0.1000. The predicted octanol–water partition coefficient (Wildman–Crippen LogP) is 1.46. The standard InChI is InChI=1S/C12H17NO3/c1-7-5-9(10(14)6-13)8(2)12(16-4)11(7)15-3/h5H,6,13H2,1-4H3. The van der Waals surface area contributed by atoms with Crippen molar-refractivity contribution in [2.45, 2.75) is 13.8 Å². The molecule has 0 fully saturated rings. The summed E-state index contributed by atoms with van der Waals surface area (Å²) < 4.78 is 10.5. The average Bonchev–Trinajstić information content (AvgIpc) is 2.29. The highest BCUT2D eigenvalue weighted by molar-refractivity contribution is 6.00. The first-order valence-electron chi connectivity index (χ1n) is 5.02. The van der Waals surface area contributed by atoms with Gasteiger partial charge in [0.1, 0.15) is 0 Å². The van der Waals surface area contributed by atoms with Crippen molar-refractivity contribution < 1.29 is 14.3 Å². The van der Waals surface area contributed by atoms with Gasteiger partial charge in [-0.2, -0.15) is 0 Å². The number of ether oxygens (including phenoxy) is 2. The van der Waals surface area contributed by atoms with E-state index < -0.39 is 0 Å². The molecule has 0 bridgehead atoms. The number of carbonyl (C=O) groups is 1. The fraction of sp³-hybridized carbons (Fsp3) is 0.417. The zero-order valence-corrected chi connectivity index (χ0v) is 10.1. The summed E-state index contributed by atoms with van der Waals surface area (Å²) in [5.74, 6) is 1.16. The van der Waals surface area contributed by atoms with Gasteiger partial charge in [-0.1, -0.05) is 0 Å². The van der Waals surface area contributed by atoms with Crippen molar-refractivity contribution >= 4 is 5.78 Å². The van der Waals surface area contributed by atoms with Crippen LogP contribution in [0.3, 0.4) is 0 Å². The van der Waals surface area contributed by atoms with Crippen LogP contribution in [0.25, 0.3) is 0 Å². The second-order valence-corrected chi connectivity index (χ2v) is 3.56. The van der Waals surface area contributed by atoms with Crippen LogP contribution in [0, 0.1) is 13.8 Å². The number of methoxy groups -OCH3 is 2. The highest BCUT2D eigenvalue weighted by Gasteiger charge is 2.17. The van der Waals surface area contributed by atoms with Crippen LogP contribution in [-0.4, -0.2) is 26.5 Å². The number of hydrogen-bond donors (Lipinski definition) is 1. The summed E-state index contributed by atoms with van der Waals surface area (Å²) in [4.78, 5) is 11.6. The van der Waals surface area contributed by atoms with Crippen LogP contribution in [0.4, 0.5) is 0 Å². The maximum absolute atomic E-state index is 11.6. The minimum Gasteiger partial charge on any atom is -0.493 e. The summed E-state index contributed by atoms with van der Waals surface area (Å²) >= 11 is 0. The van der Waals surface area contributed by atoms with Crippen LogP contribution >= 0.6 is 0 Å². The number of benzene rings is 1. The molecular weight excluding hydrogens is 206 g/mol. The topological polar surface area (TPSA) is 61.5 Å². The van der Waals surface area contributed by atoms with Gasteiger partial charge in [-0.15, -0.1) is 0 Å². The van der Waals surface area contributed by atoms with Crippen molar-refractivity contribution in [1.82, 2.24) is 0 Å². The first-order valence-corrected chi connectivity index (χ1v) is 5.02. The van der Waals surface area contributed by atoms with Gasteiger partial charge in [-0.3, -0.25) is 4.79 Å². The number of ketones is 1. The van der Waals surface area contributed by atoms with Crippen LogP contribution in [0.1, 0.15) is 21.5 Å². The van der Waals surface area contributed by atoms with Crippen molar-refractivity contribution in [3.05, 3.63) is 22.8 Å². The number of aryl methyl sites for hydroxylation is 1. The third-order valence-corrected chi connectivity index (χ3v) is 2.56. The van der Waals surface area contributed by atoms with E-state index in [-0.39, 0.29) is 12.3 Å². The molecule has 1 aromatic rings. The van der Waals surface area contributed by atoms with Gasteiger partial charge in [0, 0.05) is 11.1 Å². The molecule has 0 saturated carbocycles. The molecule has 0 aliphatic carbocycles. The normalized spacial score (nSPS) is 10.1. The van der Waals surface area contributed by atoms with E-state index in [1.54, 1.807) is 20.3 Å². The highest BCUT2D eigenvalue weighted by Crippen LogP contribution is 2.36. The highest BCUT2D eigenvalue weighted by atomic mass is 16.5. The van der Waals surface area contributed by atoms with Crippen molar-refractivity contribution in [2.24, 2.45) is 5.73 Å². The van der Waals surface area contributed by atoms with Gasteiger partial charge in [0.2, 0.25) is 0 Å². The third kappa shape index (κ3) is 2.02. The molecule has 2 N–H and O–H groups in total. The maximum Gasteiger partial charge on any atom is 0.176 e. The Morgan fingerprint density at radius 3 is 2.25 bits per heavy atom. The smallest absolute Gasteiger partial charge is 0.176 e. The molecule has 0 radical (unpaired) electrons. The molecule has 4 heteroatoms. The molecular formula is C12H17NO3. The molecule has 4 nitrogen and oxygen atoms in total. The first kappa shape index (κ1) is 12.5. The molecule has 1 aromatic carbocycles. The molecule has 0 aliphatic heterocycles. The Kier molecular flexibility index (Phi) is 3.90. The van der Waals surface area contributed by atoms with E-state index in [9.17, 15) is 4.79 Å². The van der Waals surface area contributed by atoms with Gasteiger partial charge in [0.15, 0.2) is 17.3 Å². The zero-order valence-electron chi connectivity index (χ0n) is 10.1.